The lowest BCUT2D eigenvalue weighted by molar-refractivity contribution is 0.149. The first-order valence-electron chi connectivity index (χ1n) is 4.24. The van der Waals surface area contributed by atoms with E-state index in [-0.39, 0.29) is 23.8 Å². The Kier molecular flexibility index (Phi) is 2.44. The second-order valence-corrected chi connectivity index (χ2v) is 3.45. The van der Waals surface area contributed by atoms with E-state index in [9.17, 15) is 9.18 Å². The Hall–Kier alpha value is -1.43. The largest absolute Gasteiger partial charge is 0.444 e. The molecule has 2 heterocycles. The zero-order valence-electron chi connectivity index (χ0n) is 7.78. The van der Waals surface area contributed by atoms with E-state index in [0.717, 1.165) is 11.1 Å². The Labute approximate surface area is 89.8 Å². The molecule has 1 fully saturated rings. The van der Waals surface area contributed by atoms with Crippen LogP contribution >= 0.6 is 11.6 Å². The van der Waals surface area contributed by atoms with E-state index in [1.807, 2.05) is 0 Å². The number of cyclic esters (lactones) is 1. The molecular formula is C8H7ClFN3O2. The van der Waals surface area contributed by atoms with Gasteiger partial charge in [0.15, 0.2) is 11.6 Å². The predicted octanol–water partition coefficient (Wildman–Crippen LogP) is 1.61. The minimum absolute atomic E-state index is 0.112. The van der Waals surface area contributed by atoms with E-state index in [2.05, 4.69) is 9.97 Å². The standard InChI is InChI=1S/C8H7ClFN3O2/c1-4-3-13(8(14)15-4)6-5(10)2-11-7(9)12-6/h2,4H,3H2,1H3/t4-/m0/s1. The van der Waals surface area contributed by atoms with Gasteiger partial charge in [0.25, 0.3) is 0 Å². The SMILES string of the molecule is C[C@H]1CN(c2nc(Cl)ncc2F)C(=O)O1. The molecule has 1 aromatic rings. The van der Waals surface area contributed by atoms with Gasteiger partial charge in [-0.05, 0) is 18.5 Å². The average molecular weight is 232 g/mol. The van der Waals surface area contributed by atoms with Crippen molar-refractivity contribution in [1.82, 2.24) is 9.97 Å². The number of hydrogen-bond donors (Lipinski definition) is 0. The molecule has 0 unspecified atom stereocenters. The summed E-state index contributed by atoms with van der Waals surface area (Å²) in [5.74, 6) is -0.852. The van der Waals surface area contributed by atoms with Crippen molar-refractivity contribution in [3.05, 3.63) is 17.3 Å². The summed E-state index contributed by atoms with van der Waals surface area (Å²) in [6.45, 7) is 1.96. The van der Waals surface area contributed by atoms with E-state index in [1.54, 1.807) is 6.92 Å². The summed E-state index contributed by atoms with van der Waals surface area (Å²) in [6, 6.07) is 0. The summed E-state index contributed by atoms with van der Waals surface area (Å²) in [5.41, 5.74) is 0. The normalized spacial score (nSPS) is 20.6. The van der Waals surface area contributed by atoms with Gasteiger partial charge in [0, 0.05) is 0 Å². The first-order valence-corrected chi connectivity index (χ1v) is 4.62. The van der Waals surface area contributed by atoms with Gasteiger partial charge in [0.05, 0.1) is 12.7 Å². The zero-order valence-corrected chi connectivity index (χ0v) is 8.53. The summed E-state index contributed by atoms with van der Waals surface area (Å²) in [7, 11) is 0. The Morgan fingerprint density at radius 3 is 3.07 bits per heavy atom. The lowest BCUT2D eigenvalue weighted by atomic mass is 10.4. The topological polar surface area (TPSA) is 55.3 Å². The molecule has 1 amide bonds. The summed E-state index contributed by atoms with van der Waals surface area (Å²) >= 11 is 5.51. The maximum atomic E-state index is 13.3. The van der Waals surface area contributed by atoms with E-state index in [4.69, 9.17) is 16.3 Å². The van der Waals surface area contributed by atoms with Crippen LogP contribution in [0.1, 0.15) is 6.92 Å². The molecule has 15 heavy (non-hydrogen) atoms. The molecule has 0 radical (unpaired) electrons. The molecule has 1 aliphatic heterocycles. The van der Waals surface area contributed by atoms with Gasteiger partial charge in [0.1, 0.15) is 6.10 Å². The highest BCUT2D eigenvalue weighted by atomic mass is 35.5. The van der Waals surface area contributed by atoms with Gasteiger partial charge in [-0.2, -0.15) is 4.98 Å². The monoisotopic (exact) mass is 231 g/mol. The molecule has 1 saturated heterocycles. The van der Waals surface area contributed by atoms with Crippen molar-refractivity contribution >= 4 is 23.5 Å². The van der Waals surface area contributed by atoms with Crippen LogP contribution in [0, 0.1) is 5.82 Å². The maximum Gasteiger partial charge on any atom is 0.416 e. The Bertz CT molecular complexity index is 415. The number of hydrogen-bond acceptors (Lipinski definition) is 4. The summed E-state index contributed by atoms with van der Waals surface area (Å²) < 4.78 is 18.1. The average Bonchev–Trinajstić information content (AvgIpc) is 2.50. The first kappa shape index (κ1) is 10.1. The van der Waals surface area contributed by atoms with Crippen LogP contribution < -0.4 is 4.90 Å². The number of amides is 1. The fourth-order valence-corrected chi connectivity index (χ4v) is 1.43. The molecule has 80 valence electrons. The van der Waals surface area contributed by atoms with Crippen molar-refractivity contribution in [2.45, 2.75) is 13.0 Å². The summed E-state index contributed by atoms with van der Waals surface area (Å²) in [6.07, 6.45) is 0.00260. The third-order valence-electron chi connectivity index (χ3n) is 1.91. The van der Waals surface area contributed by atoms with Crippen molar-refractivity contribution in [3.63, 3.8) is 0 Å². The molecule has 0 N–H and O–H groups in total. The molecule has 1 aliphatic rings. The number of carbonyl (C=O) groups excluding carboxylic acids is 1. The molecule has 0 aromatic carbocycles. The number of carbonyl (C=O) groups is 1. The van der Waals surface area contributed by atoms with Crippen LogP contribution in [-0.2, 0) is 4.74 Å². The van der Waals surface area contributed by atoms with Crippen molar-refractivity contribution in [3.8, 4) is 0 Å². The molecule has 0 bridgehead atoms. The van der Waals surface area contributed by atoms with Gasteiger partial charge >= 0.3 is 6.09 Å². The van der Waals surface area contributed by atoms with Crippen LogP contribution in [0.25, 0.3) is 0 Å². The molecule has 0 saturated carbocycles. The van der Waals surface area contributed by atoms with Gasteiger partial charge in [-0.25, -0.2) is 14.2 Å². The number of nitrogens with zero attached hydrogens (tertiary/aromatic N) is 3. The van der Waals surface area contributed by atoms with Gasteiger partial charge in [-0.3, -0.25) is 4.90 Å². The molecule has 0 spiro atoms. The third-order valence-corrected chi connectivity index (χ3v) is 2.10. The van der Waals surface area contributed by atoms with Gasteiger partial charge < -0.3 is 4.74 Å². The van der Waals surface area contributed by atoms with Gasteiger partial charge in [-0.15, -0.1) is 0 Å². The van der Waals surface area contributed by atoms with Crippen LogP contribution in [0.2, 0.25) is 5.28 Å². The maximum absolute atomic E-state index is 13.3. The molecule has 2 rings (SSSR count). The summed E-state index contributed by atoms with van der Waals surface area (Å²) in [5, 5.41) is -0.112. The summed E-state index contributed by atoms with van der Waals surface area (Å²) in [4.78, 5) is 19.5. The molecule has 7 heteroatoms. The smallest absolute Gasteiger partial charge is 0.416 e. The molecule has 5 nitrogen and oxygen atoms in total. The van der Waals surface area contributed by atoms with Crippen molar-refractivity contribution in [1.29, 1.82) is 0 Å². The Morgan fingerprint density at radius 2 is 2.47 bits per heavy atom. The fourth-order valence-electron chi connectivity index (χ4n) is 1.30. The van der Waals surface area contributed by atoms with E-state index in [0.29, 0.717) is 0 Å². The van der Waals surface area contributed by atoms with E-state index >= 15 is 0 Å². The second kappa shape index (κ2) is 3.62. The molecule has 1 atom stereocenters. The number of halogens is 2. The number of aromatic nitrogens is 2. The van der Waals surface area contributed by atoms with Gasteiger partial charge in [-0.1, -0.05) is 0 Å². The highest BCUT2D eigenvalue weighted by Crippen LogP contribution is 2.22. The third kappa shape index (κ3) is 1.85. The van der Waals surface area contributed by atoms with Crippen LogP contribution in [0.3, 0.4) is 0 Å². The van der Waals surface area contributed by atoms with Crippen LogP contribution in [0.4, 0.5) is 15.0 Å². The quantitative estimate of drug-likeness (QED) is 0.689. The molecule has 1 aromatic heterocycles. The van der Waals surface area contributed by atoms with E-state index in [1.165, 1.54) is 0 Å². The van der Waals surface area contributed by atoms with Crippen molar-refractivity contribution in [2.24, 2.45) is 0 Å². The lowest BCUT2D eigenvalue weighted by Crippen LogP contribution is -2.26. The van der Waals surface area contributed by atoms with E-state index < -0.39 is 11.9 Å². The van der Waals surface area contributed by atoms with Crippen molar-refractivity contribution in [2.75, 3.05) is 11.4 Å². The Balaban J connectivity index is 2.37. The van der Waals surface area contributed by atoms with Crippen LogP contribution in [0.15, 0.2) is 6.20 Å². The highest BCUT2D eigenvalue weighted by molar-refractivity contribution is 6.28. The number of ether oxygens (including phenoxy) is 1. The van der Waals surface area contributed by atoms with Crippen molar-refractivity contribution < 1.29 is 13.9 Å². The fraction of sp³-hybridized carbons (Fsp3) is 0.375. The minimum Gasteiger partial charge on any atom is -0.444 e. The number of rotatable bonds is 1. The van der Waals surface area contributed by atoms with Crippen LogP contribution in [-0.4, -0.2) is 28.7 Å². The van der Waals surface area contributed by atoms with Gasteiger partial charge in [0.2, 0.25) is 5.28 Å². The Morgan fingerprint density at radius 1 is 1.73 bits per heavy atom. The first-order chi connectivity index (χ1) is 7.08. The lowest BCUT2D eigenvalue weighted by Gasteiger charge is -2.11. The number of anilines is 1. The minimum atomic E-state index is -0.703. The van der Waals surface area contributed by atoms with Crippen LogP contribution in [0.5, 0.6) is 0 Å². The second-order valence-electron chi connectivity index (χ2n) is 3.12. The highest BCUT2D eigenvalue weighted by Gasteiger charge is 2.32. The predicted molar refractivity (Wildman–Crippen MR) is 50.3 cm³/mol. The zero-order chi connectivity index (χ0) is 11.0. The molecule has 0 aliphatic carbocycles. The molecular weight excluding hydrogens is 225 g/mol.